The van der Waals surface area contributed by atoms with Gasteiger partial charge in [0.25, 0.3) is 9.28 Å². The van der Waals surface area contributed by atoms with Crippen LogP contribution in [0.5, 0.6) is 5.75 Å². The molecule has 0 heterocycles. The fourth-order valence-corrected chi connectivity index (χ4v) is 27.7. The van der Waals surface area contributed by atoms with E-state index in [4.69, 9.17) is 21.2 Å². The number of hydrogen-bond acceptors (Lipinski definition) is 7. The minimum Gasteiger partial charge on any atom is -0.489 e. The summed E-state index contributed by atoms with van der Waals surface area (Å²) in [5.74, 6) is 0.913. The molecule has 0 bridgehead atoms. The molecule has 12 heteroatoms. The molecule has 53 heavy (non-hydrogen) atoms. The fourth-order valence-electron chi connectivity index (χ4n) is 7.46. The molecule has 3 aromatic carbocycles. The second kappa shape index (κ2) is 19.4. The highest BCUT2D eigenvalue weighted by atomic mass is 28.5. The van der Waals surface area contributed by atoms with Gasteiger partial charge in [0.1, 0.15) is 12.4 Å². The normalized spacial score (nSPS) is 18.8. The summed E-state index contributed by atoms with van der Waals surface area (Å²) in [7, 11) is -10.3. The molecule has 1 fully saturated rings. The van der Waals surface area contributed by atoms with Crippen LogP contribution in [0.1, 0.15) is 59.1 Å². The Morgan fingerprint density at radius 2 is 1.25 bits per heavy atom. The Morgan fingerprint density at radius 3 is 1.85 bits per heavy atom. The number of hydrogen-bond donors (Lipinski definition) is 2. The molecular formula is C41H70N2O5Si5. The molecule has 4 rings (SSSR count). The van der Waals surface area contributed by atoms with Gasteiger partial charge < -0.3 is 31.8 Å². The SMILES string of the molecule is Cc1ccc(OCc2ccc(CC[Si](C)(O[SiH](C)O[Si](C)(C)C)O[Si](C)(C)O[Si](C)(C)C)cc2)cc1CNC1CCCC[C@@H]1NCc1ccccc1C. The predicted octanol–water partition coefficient (Wildman–Crippen LogP) is 9.98. The van der Waals surface area contributed by atoms with Crippen molar-refractivity contribution in [2.24, 2.45) is 0 Å². The topological polar surface area (TPSA) is 70.2 Å². The van der Waals surface area contributed by atoms with E-state index in [2.05, 4.69) is 157 Å². The molecular weight excluding hydrogens is 741 g/mol. The molecule has 3 aromatic rings. The van der Waals surface area contributed by atoms with Crippen LogP contribution >= 0.6 is 0 Å². The first-order valence-electron chi connectivity index (χ1n) is 19.9. The molecule has 0 aliphatic heterocycles. The van der Waals surface area contributed by atoms with Crippen molar-refractivity contribution in [1.29, 1.82) is 0 Å². The van der Waals surface area contributed by atoms with E-state index in [1.165, 1.54) is 53.5 Å². The highest BCUT2D eigenvalue weighted by molar-refractivity contribution is 6.88. The minimum atomic E-state index is -2.57. The van der Waals surface area contributed by atoms with Crippen LogP contribution in [0.2, 0.25) is 71.5 Å². The zero-order valence-corrected chi connectivity index (χ0v) is 40.1. The first-order chi connectivity index (χ1) is 24.8. The van der Waals surface area contributed by atoms with E-state index in [9.17, 15) is 0 Å². The van der Waals surface area contributed by atoms with E-state index in [0.717, 1.165) is 36.9 Å². The molecule has 0 aromatic heterocycles. The largest absolute Gasteiger partial charge is 0.489 e. The summed E-state index contributed by atoms with van der Waals surface area (Å²) in [6.07, 6.45) is 5.90. The molecule has 7 nitrogen and oxygen atoms in total. The third-order valence-electron chi connectivity index (χ3n) is 9.70. The van der Waals surface area contributed by atoms with Crippen molar-refractivity contribution < 1.29 is 21.2 Å². The third-order valence-corrected chi connectivity index (χ3v) is 26.4. The lowest BCUT2D eigenvalue weighted by atomic mass is 9.89. The lowest BCUT2D eigenvalue weighted by molar-refractivity contribution is 0.280. The maximum Gasteiger partial charge on any atom is 0.317 e. The second-order valence-electron chi connectivity index (χ2n) is 17.6. The molecule has 0 amide bonds. The van der Waals surface area contributed by atoms with Crippen molar-refractivity contribution in [3.05, 3.63) is 100 Å². The molecule has 1 aliphatic carbocycles. The molecule has 4 atom stereocenters. The van der Waals surface area contributed by atoms with Gasteiger partial charge in [0.05, 0.1) is 0 Å². The van der Waals surface area contributed by atoms with E-state index in [-0.39, 0.29) is 0 Å². The molecule has 0 spiro atoms. The summed E-state index contributed by atoms with van der Waals surface area (Å²) >= 11 is 0. The summed E-state index contributed by atoms with van der Waals surface area (Å²) < 4.78 is 33.1. The van der Waals surface area contributed by atoms with Gasteiger partial charge >= 0.3 is 17.1 Å². The van der Waals surface area contributed by atoms with Crippen molar-refractivity contribution in [3.8, 4) is 5.75 Å². The number of nitrogens with one attached hydrogen (secondary N) is 2. The standard InChI is InChI=1S/C41H70N2O5Si5/c1-33-17-13-14-18-37(33)30-42-40-19-15-16-20-41(40)43-31-38-29-39(26-21-34(38)2)44-32-36-24-22-35(23-25-36)27-28-53(12,46-49(3)45-50(4,5)6)48-52(10,11)47-51(7,8)9/h13-14,17-18,21-26,29,40-43,49H,15-16,19-20,27-28,30-32H2,1-12H3/t40-,41?,49?,53?/m0/s1. The van der Waals surface area contributed by atoms with Crippen LogP contribution in [0.4, 0.5) is 0 Å². The number of ether oxygens (including phenoxy) is 1. The van der Waals surface area contributed by atoms with Crippen LogP contribution in [-0.2, 0) is 42.6 Å². The average molecular weight is 811 g/mol. The monoisotopic (exact) mass is 810 g/mol. The van der Waals surface area contributed by atoms with Gasteiger partial charge in [0.2, 0.25) is 0 Å². The van der Waals surface area contributed by atoms with Crippen molar-refractivity contribution >= 4 is 43.0 Å². The molecule has 0 radical (unpaired) electrons. The minimum absolute atomic E-state index is 0.463. The van der Waals surface area contributed by atoms with E-state index in [1.807, 2.05) is 0 Å². The van der Waals surface area contributed by atoms with Gasteiger partial charge in [0, 0.05) is 25.2 Å². The van der Waals surface area contributed by atoms with Gasteiger partial charge in [-0.1, -0.05) is 67.4 Å². The Bertz CT molecular complexity index is 1580. The van der Waals surface area contributed by atoms with Crippen molar-refractivity contribution in [2.75, 3.05) is 0 Å². The molecule has 294 valence electrons. The molecule has 3 unspecified atom stereocenters. The van der Waals surface area contributed by atoms with Gasteiger partial charge in [-0.3, -0.25) is 0 Å². The zero-order chi connectivity index (χ0) is 38.9. The van der Waals surface area contributed by atoms with Gasteiger partial charge in [-0.25, -0.2) is 0 Å². The average Bonchev–Trinajstić information content (AvgIpc) is 3.04. The molecule has 2 N–H and O–H groups in total. The Balaban J connectivity index is 1.32. The zero-order valence-electron chi connectivity index (χ0n) is 35.0. The van der Waals surface area contributed by atoms with Crippen LogP contribution in [0.15, 0.2) is 66.7 Å². The summed E-state index contributed by atoms with van der Waals surface area (Å²) in [6.45, 7) is 28.8. The first kappa shape index (κ1) is 44.0. The summed E-state index contributed by atoms with van der Waals surface area (Å²) in [5, 5.41) is 7.79. The summed E-state index contributed by atoms with van der Waals surface area (Å²) in [6, 6.07) is 25.9. The Kier molecular flexibility index (Phi) is 16.2. The highest BCUT2D eigenvalue weighted by Crippen LogP contribution is 2.28. The van der Waals surface area contributed by atoms with E-state index in [0.29, 0.717) is 18.7 Å². The van der Waals surface area contributed by atoms with Gasteiger partial charge in [0.15, 0.2) is 16.6 Å². The van der Waals surface area contributed by atoms with Gasteiger partial charge in [-0.2, -0.15) is 0 Å². The predicted molar refractivity (Wildman–Crippen MR) is 235 cm³/mol. The number of aryl methyl sites for hydroxylation is 3. The number of rotatable bonds is 20. The summed E-state index contributed by atoms with van der Waals surface area (Å²) in [4.78, 5) is 0. The molecule has 1 saturated carbocycles. The van der Waals surface area contributed by atoms with Crippen LogP contribution < -0.4 is 15.4 Å². The van der Waals surface area contributed by atoms with Crippen LogP contribution in [0, 0.1) is 13.8 Å². The third kappa shape index (κ3) is 15.8. The maximum absolute atomic E-state index is 6.94. The van der Waals surface area contributed by atoms with Gasteiger partial charge in [-0.05, 0) is 150 Å². The van der Waals surface area contributed by atoms with Crippen LogP contribution in [0.25, 0.3) is 0 Å². The van der Waals surface area contributed by atoms with Crippen molar-refractivity contribution in [1.82, 2.24) is 10.6 Å². The quantitative estimate of drug-likeness (QED) is 0.110. The molecule has 0 saturated heterocycles. The van der Waals surface area contributed by atoms with Crippen LogP contribution in [0.3, 0.4) is 0 Å². The smallest absolute Gasteiger partial charge is 0.317 e. The highest BCUT2D eigenvalue weighted by Gasteiger charge is 2.43. The van der Waals surface area contributed by atoms with Gasteiger partial charge in [-0.15, -0.1) is 0 Å². The number of benzene rings is 3. The lowest BCUT2D eigenvalue weighted by Gasteiger charge is -2.40. The van der Waals surface area contributed by atoms with E-state index < -0.39 is 43.0 Å². The summed E-state index contributed by atoms with van der Waals surface area (Å²) in [5.41, 5.74) is 7.77. The second-order valence-corrected chi connectivity index (χ2v) is 36.3. The molecule has 1 aliphatic rings. The van der Waals surface area contributed by atoms with Crippen molar-refractivity contribution in [2.45, 2.75) is 149 Å². The lowest BCUT2D eigenvalue weighted by Crippen LogP contribution is -2.56. The van der Waals surface area contributed by atoms with E-state index >= 15 is 0 Å². The Labute approximate surface area is 328 Å². The maximum atomic E-state index is 6.94. The Hall–Kier alpha value is -1.70. The van der Waals surface area contributed by atoms with E-state index in [1.54, 1.807) is 0 Å². The van der Waals surface area contributed by atoms with Crippen LogP contribution in [-0.4, -0.2) is 55.1 Å². The van der Waals surface area contributed by atoms with Crippen molar-refractivity contribution in [3.63, 3.8) is 0 Å². The fraction of sp³-hybridized carbons (Fsp3) is 0.561. The Morgan fingerprint density at radius 1 is 0.660 bits per heavy atom. The first-order valence-corrected chi connectivity index (χ1v) is 34.1.